The number of anilines is 3. The van der Waals surface area contributed by atoms with Crippen LogP contribution < -0.4 is 17.2 Å². The van der Waals surface area contributed by atoms with Gasteiger partial charge < -0.3 is 17.2 Å². The Morgan fingerprint density at radius 2 is 0.957 bits per heavy atom. The number of para-hydroxylation sites is 2. The third-order valence-corrected chi connectivity index (χ3v) is 4.17. The molecule has 3 rings (SSSR count). The highest BCUT2D eigenvalue weighted by Gasteiger charge is 2.10. The maximum absolute atomic E-state index is 6.24. The SMILES string of the molecule is Nc1ccccc1Cc1cccc(N)c1Cc1ccccc1N. The summed E-state index contributed by atoms with van der Waals surface area (Å²) in [6.07, 6.45) is 1.49. The Kier molecular flexibility index (Phi) is 4.20. The monoisotopic (exact) mass is 303 g/mol. The lowest BCUT2D eigenvalue weighted by molar-refractivity contribution is 1.10. The molecule has 0 saturated carbocycles. The van der Waals surface area contributed by atoms with Gasteiger partial charge in [0.15, 0.2) is 0 Å². The molecule has 116 valence electrons. The van der Waals surface area contributed by atoms with Crippen molar-refractivity contribution in [2.75, 3.05) is 17.2 Å². The van der Waals surface area contributed by atoms with Crippen LogP contribution in [0.4, 0.5) is 17.1 Å². The summed E-state index contributed by atoms with van der Waals surface area (Å²) >= 11 is 0. The van der Waals surface area contributed by atoms with Crippen LogP contribution in [0.2, 0.25) is 0 Å². The van der Waals surface area contributed by atoms with Gasteiger partial charge in [-0.25, -0.2) is 0 Å². The minimum Gasteiger partial charge on any atom is -0.398 e. The van der Waals surface area contributed by atoms with Gasteiger partial charge in [0.25, 0.3) is 0 Å². The van der Waals surface area contributed by atoms with Gasteiger partial charge in [-0.1, -0.05) is 48.5 Å². The summed E-state index contributed by atoms with van der Waals surface area (Å²) in [5, 5.41) is 0. The average molecular weight is 303 g/mol. The molecule has 3 nitrogen and oxygen atoms in total. The summed E-state index contributed by atoms with van der Waals surface area (Å²) < 4.78 is 0. The summed E-state index contributed by atoms with van der Waals surface area (Å²) in [6.45, 7) is 0. The third-order valence-electron chi connectivity index (χ3n) is 4.17. The molecule has 3 heteroatoms. The first-order valence-corrected chi connectivity index (χ1v) is 7.68. The number of hydrogen-bond acceptors (Lipinski definition) is 3. The van der Waals surface area contributed by atoms with Gasteiger partial charge in [-0.05, 0) is 46.9 Å². The van der Waals surface area contributed by atoms with E-state index >= 15 is 0 Å². The van der Waals surface area contributed by atoms with Crippen LogP contribution in [0, 0.1) is 0 Å². The molecule has 0 radical (unpaired) electrons. The topological polar surface area (TPSA) is 78.1 Å². The van der Waals surface area contributed by atoms with E-state index < -0.39 is 0 Å². The molecule has 0 fully saturated rings. The van der Waals surface area contributed by atoms with Gasteiger partial charge in [0.1, 0.15) is 0 Å². The molecule has 0 bridgehead atoms. The fraction of sp³-hybridized carbons (Fsp3) is 0.100. The van der Waals surface area contributed by atoms with Gasteiger partial charge in [0.05, 0.1) is 0 Å². The molecule has 3 aromatic rings. The second-order valence-electron chi connectivity index (χ2n) is 5.74. The fourth-order valence-electron chi connectivity index (χ4n) is 2.82. The van der Waals surface area contributed by atoms with Crippen molar-refractivity contribution in [2.45, 2.75) is 12.8 Å². The second-order valence-corrected chi connectivity index (χ2v) is 5.74. The zero-order chi connectivity index (χ0) is 16.2. The van der Waals surface area contributed by atoms with Crippen LogP contribution in [0.5, 0.6) is 0 Å². The first-order valence-electron chi connectivity index (χ1n) is 7.68. The van der Waals surface area contributed by atoms with Crippen LogP contribution in [-0.2, 0) is 12.8 Å². The molecule has 0 heterocycles. The summed E-state index contributed by atoms with van der Waals surface area (Å²) in [7, 11) is 0. The van der Waals surface area contributed by atoms with Crippen molar-refractivity contribution in [3.05, 3.63) is 89.0 Å². The lowest BCUT2D eigenvalue weighted by Gasteiger charge is -2.15. The Balaban J connectivity index is 1.97. The molecule has 0 spiro atoms. The normalized spacial score (nSPS) is 10.6. The van der Waals surface area contributed by atoms with Gasteiger partial charge in [-0.2, -0.15) is 0 Å². The quantitative estimate of drug-likeness (QED) is 0.644. The molecule has 0 atom stereocenters. The number of nitrogen functional groups attached to an aromatic ring is 3. The third kappa shape index (κ3) is 3.29. The molecular weight excluding hydrogens is 282 g/mol. The van der Waals surface area contributed by atoms with Crippen molar-refractivity contribution in [3.8, 4) is 0 Å². The van der Waals surface area contributed by atoms with E-state index in [2.05, 4.69) is 12.1 Å². The number of rotatable bonds is 4. The van der Waals surface area contributed by atoms with Gasteiger partial charge in [0, 0.05) is 23.5 Å². The Bertz CT molecular complexity index is 825. The zero-order valence-corrected chi connectivity index (χ0v) is 13.0. The molecular formula is C20H21N3. The smallest absolute Gasteiger partial charge is 0.0352 e. The van der Waals surface area contributed by atoms with Crippen molar-refractivity contribution in [3.63, 3.8) is 0 Å². The fourth-order valence-corrected chi connectivity index (χ4v) is 2.82. The van der Waals surface area contributed by atoms with Gasteiger partial charge in [-0.3, -0.25) is 0 Å². The van der Waals surface area contributed by atoms with E-state index in [0.717, 1.165) is 46.6 Å². The standard InChI is InChI=1S/C20H21N3/c21-18-9-3-1-6-15(18)12-14-8-5-11-20(23)17(14)13-16-7-2-4-10-19(16)22/h1-11H,12-13,21-23H2. The summed E-state index contributed by atoms with van der Waals surface area (Å²) in [5.74, 6) is 0. The van der Waals surface area contributed by atoms with Crippen molar-refractivity contribution in [1.82, 2.24) is 0 Å². The van der Waals surface area contributed by atoms with E-state index in [4.69, 9.17) is 17.2 Å². The Morgan fingerprint density at radius 3 is 1.57 bits per heavy atom. The molecule has 0 aromatic heterocycles. The highest BCUT2D eigenvalue weighted by Crippen LogP contribution is 2.26. The van der Waals surface area contributed by atoms with Gasteiger partial charge in [-0.15, -0.1) is 0 Å². The minimum absolute atomic E-state index is 0.724. The van der Waals surface area contributed by atoms with Crippen molar-refractivity contribution < 1.29 is 0 Å². The van der Waals surface area contributed by atoms with E-state index in [1.165, 1.54) is 5.56 Å². The predicted octanol–water partition coefficient (Wildman–Crippen LogP) is 3.61. The van der Waals surface area contributed by atoms with Crippen molar-refractivity contribution >= 4 is 17.1 Å². The van der Waals surface area contributed by atoms with E-state index in [-0.39, 0.29) is 0 Å². The van der Waals surface area contributed by atoms with Crippen molar-refractivity contribution in [2.24, 2.45) is 0 Å². The van der Waals surface area contributed by atoms with Crippen LogP contribution in [0.1, 0.15) is 22.3 Å². The average Bonchev–Trinajstić information content (AvgIpc) is 2.54. The molecule has 0 aliphatic carbocycles. The van der Waals surface area contributed by atoms with Crippen molar-refractivity contribution in [1.29, 1.82) is 0 Å². The van der Waals surface area contributed by atoms with E-state index in [1.807, 2.05) is 54.6 Å². The Labute approximate surface area is 136 Å². The zero-order valence-electron chi connectivity index (χ0n) is 13.0. The molecule has 0 saturated heterocycles. The van der Waals surface area contributed by atoms with Crippen LogP contribution >= 0.6 is 0 Å². The molecule has 6 N–H and O–H groups in total. The van der Waals surface area contributed by atoms with Gasteiger partial charge in [0.2, 0.25) is 0 Å². The lowest BCUT2D eigenvalue weighted by Crippen LogP contribution is -2.05. The molecule has 0 amide bonds. The molecule has 0 aliphatic heterocycles. The summed E-state index contributed by atoms with van der Waals surface area (Å²) in [4.78, 5) is 0. The number of hydrogen-bond donors (Lipinski definition) is 3. The first-order chi connectivity index (χ1) is 11.1. The molecule has 23 heavy (non-hydrogen) atoms. The minimum atomic E-state index is 0.724. The molecule has 3 aromatic carbocycles. The van der Waals surface area contributed by atoms with E-state index in [0.29, 0.717) is 0 Å². The number of benzene rings is 3. The van der Waals surface area contributed by atoms with E-state index in [9.17, 15) is 0 Å². The maximum atomic E-state index is 6.24. The summed E-state index contributed by atoms with van der Waals surface area (Å²) in [5.41, 5.74) is 25.3. The lowest BCUT2D eigenvalue weighted by atomic mass is 9.93. The maximum Gasteiger partial charge on any atom is 0.0352 e. The highest BCUT2D eigenvalue weighted by atomic mass is 14.6. The number of nitrogens with two attached hydrogens (primary N) is 3. The van der Waals surface area contributed by atoms with Crippen LogP contribution in [0.15, 0.2) is 66.7 Å². The second kappa shape index (κ2) is 6.44. The molecule has 0 unspecified atom stereocenters. The summed E-state index contributed by atoms with van der Waals surface area (Å²) in [6, 6.07) is 21.9. The van der Waals surface area contributed by atoms with Crippen LogP contribution in [0.3, 0.4) is 0 Å². The van der Waals surface area contributed by atoms with Crippen LogP contribution in [-0.4, -0.2) is 0 Å². The Hall–Kier alpha value is -2.94. The first kappa shape index (κ1) is 15.0. The highest BCUT2D eigenvalue weighted by molar-refractivity contribution is 5.58. The Morgan fingerprint density at radius 1 is 0.478 bits per heavy atom. The van der Waals surface area contributed by atoms with Crippen LogP contribution in [0.25, 0.3) is 0 Å². The van der Waals surface area contributed by atoms with Gasteiger partial charge >= 0.3 is 0 Å². The van der Waals surface area contributed by atoms with E-state index in [1.54, 1.807) is 0 Å². The largest absolute Gasteiger partial charge is 0.398 e. The predicted molar refractivity (Wildman–Crippen MR) is 98.2 cm³/mol. The molecule has 0 aliphatic rings.